The zero-order chi connectivity index (χ0) is 19.6. The Morgan fingerprint density at radius 3 is 2.41 bits per heavy atom. The molecule has 2 aromatic carbocycles. The Bertz CT molecular complexity index is 749. The fourth-order valence-electron chi connectivity index (χ4n) is 2.83. The molecule has 0 bridgehead atoms. The van der Waals surface area contributed by atoms with E-state index in [1.54, 1.807) is 30.6 Å². The molecule has 2 rings (SSSR count). The smallest absolute Gasteiger partial charge is 0.242 e. The van der Waals surface area contributed by atoms with Gasteiger partial charge in [-0.25, -0.2) is 0 Å². The van der Waals surface area contributed by atoms with Crippen LogP contribution in [0.15, 0.2) is 54.6 Å². The highest BCUT2D eigenvalue weighted by atomic mass is 32.2. The first-order valence-electron chi connectivity index (χ1n) is 9.20. The van der Waals surface area contributed by atoms with Crippen LogP contribution in [0.25, 0.3) is 0 Å². The topological polar surface area (TPSA) is 49.4 Å². The Morgan fingerprint density at radius 2 is 1.74 bits per heavy atom. The van der Waals surface area contributed by atoms with Crippen LogP contribution in [-0.4, -0.2) is 35.6 Å². The summed E-state index contributed by atoms with van der Waals surface area (Å²) in [6.07, 6.45) is 0.421. The van der Waals surface area contributed by atoms with Gasteiger partial charge in [0, 0.05) is 31.5 Å². The first-order chi connectivity index (χ1) is 13.0. The molecular formula is C22H28N2O2S. The first-order valence-corrected chi connectivity index (χ1v) is 10.4. The van der Waals surface area contributed by atoms with E-state index in [4.69, 9.17) is 0 Å². The lowest BCUT2D eigenvalue weighted by molar-refractivity contribution is -0.140. The molecule has 0 aliphatic carbocycles. The number of likely N-dealkylation sites (N-methyl/N-ethyl adjacent to an activating group) is 1. The molecule has 0 radical (unpaired) electrons. The van der Waals surface area contributed by atoms with E-state index >= 15 is 0 Å². The van der Waals surface area contributed by atoms with Crippen LogP contribution in [0.1, 0.15) is 30.0 Å². The zero-order valence-corrected chi connectivity index (χ0v) is 17.1. The normalized spacial score (nSPS) is 11.7. The maximum absolute atomic E-state index is 12.9. The van der Waals surface area contributed by atoms with Gasteiger partial charge in [-0.1, -0.05) is 54.6 Å². The van der Waals surface area contributed by atoms with Gasteiger partial charge in [0.05, 0.1) is 0 Å². The molecule has 27 heavy (non-hydrogen) atoms. The number of hydrogen-bond donors (Lipinski definition) is 1. The quantitative estimate of drug-likeness (QED) is 0.670. The number of carbonyl (C=O) groups is 2. The van der Waals surface area contributed by atoms with Crippen molar-refractivity contribution in [3.8, 4) is 0 Å². The highest BCUT2D eigenvalue weighted by molar-refractivity contribution is 7.98. The van der Waals surface area contributed by atoms with Crippen molar-refractivity contribution in [2.24, 2.45) is 0 Å². The Kier molecular flexibility index (Phi) is 8.40. The SMILES string of the molecule is CNC(=O)[C@H](C)N(Cc1ccccc1C)C(=O)CCSCc1ccccc1. The Hall–Kier alpha value is -2.27. The maximum Gasteiger partial charge on any atom is 0.242 e. The highest BCUT2D eigenvalue weighted by Crippen LogP contribution is 2.17. The van der Waals surface area contributed by atoms with E-state index in [0.29, 0.717) is 13.0 Å². The predicted octanol–water partition coefficient (Wildman–Crippen LogP) is 3.78. The molecule has 0 aliphatic heterocycles. The van der Waals surface area contributed by atoms with Gasteiger partial charge in [0.15, 0.2) is 0 Å². The van der Waals surface area contributed by atoms with Crippen molar-refractivity contribution in [2.75, 3.05) is 12.8 Å². The standard InChI is InChI=1S/C22H28N2O2S/c1-17-9-7-8-12-20(17)15-24(18(2)22(26)23-3)21(25)13-14-27-16-19-10-5-4-6-11-19/h4-12,18H,13-16H2,1-3H3,(H,23,26)/t18-/m0/s1. The minimum absolute atomic E-state index is 0.00918. The van der Waals surface area contributed by atoms with Crippen molar-refractivity contribution in [1.82, 2.24) is 10.2 Å². The van der Waals surface area contributed by atoms with E-state index in [1.165, 1.54) is 5.56 Å². The van der Waals surface area contributed by atoms with E-state index in [2.05, 4.69) is 17.4 Å². The third-order valence-electron chi connectivity index (χ3n) is 4.59. The molecule has 5 heteroatoms. The van der Waals surface area contributed by atoms with Crippen LogP contribution in [0.3, 0.4) is 0 Å². The number of hydrogen-bond acceptors (Lipinski definition) is 3. The molecule has 2 aromatic rings. The molecule has 144 valence electrons. The lowest BCUT2D eigenvalue weighted by atomic mass is 10.1. The van der Waals surface area contributed by atoms with Gasteiger partial charge in [0.1, 0.15) is 6.04 Å². The van der Waals surface area contributed by atoms with Crippen LogP contribution in [-0.2, 0) is 21.9 Å². The molecule has 2 amide bonds. The molecule has 0 spiro atoms. The van der Waals surface area contributed by atoms with Gasteiger partial charge in [-0.15, -0.1) is 0 Å². The molecule has 0 saturated carbocycles. The summed E-state index contributed by atoms with van der Waals surface area (Å²) < 4.78 is 0. The Balaban J connectivity index is 1.98. The molecule has 1 N–H and O–H groups in total. The molecule has 0 unspecified atom stereocenters. The lowest BCUT2D eigenvalue weighted by Crippen LogP contribution is -2.46. The average Bonchev–Trinajstić information content (AvgIpc) is 2.70. The summed E-state index contributed by atoms with van der Waals surface area (Å²) in [5.74, 6) is 1.49. The minimum Gasteiger partial charge on any atom is -0.357 e. The van der Waals surface area contributed by atoms with Crippen LogP contribution >= 0.6 is 11.8 Å². The average molecular weight is 385 g/mol. The van der Waals surface area contributed by atoms with Gasteiger partial charge in [-0.3, -0.25) is 9.59 Å². The summed E-state index contributed by atoms with van der Waals surface area (Å²) in [6, 6.07) is 17.7. The number of rotatable bonds is 9. The summed E-state index contributed by atoms with van der Waals surface area (Å²) in [6.45, 7) is 4.26. The number of nitrogens with zero attached hydrogens (tertiary/aromatic N) is 1. The summed E-state index contributed by atoms with van der Waals surface area (Å²) >= 11 is 1.74. The largest absolute Gasteiger partial charge is 0.357 e. The van der Waals surface area contributed by atoms with Gasteiger partial charge in [0.25, 0.3) is 0 Å². The molecule has 0 aromatic heterocycles. The molecule has 4 nitrogen and oxygen atoms in total. The molecule has 1 atom stereocenters. The van der Waals surface area contributed by atoms with E-state index in [1.807, 2.05) is 49.4 Å². The van der Waals surface area contributed by atoms with Crippen LogP contribution in [0.2, 0.25) is 0 Å². The molecule has 0 saturated heterocycles. The molecular weight excluding hydrogens is 356 g/mol. The van der Waals surface area contributed by atoms with Crippen molar-refractivity contribution < 1.29 is 9.59 Å². The second-order valence-corrected chi connectivity index (χ2v) is 7.63. The summed E-state index contributed by atoms with van der Waals surface area (Å²) in [7, 11) is 1.60. The van der Waals surface area contributed by atoms with Crippen LogP contribution in [0, 0.1) is 6.92 Å². The number of amides is 2. The van der Waals surface area contributed by atoms with Gasteiger partial charge < -0.3 is 10.2 Å². The fourth-order valence-corrected chi connectivity index (χ4v) is 3.72. The number of benzene rings is 2. The monoisotopic (exact) mass is 384 g/mol. The number of carbonyl (C=O) groups excluding carboxylic acids is 2. The summed E-state index contributed by atoms with van der Waals surface area (Å²) in [5.41, 5.74) is 3.45. The summed E-state index contributed by atoms with van der Waals surface area (Å²) in [5, 5.41) is 2.65. The zero-order valence-electron chi connectivity index (χ0n) is 16.3. The molecule has 0 aliphatic rings. The number of aryl methyl sites for hydroxylation is 1. The van der Waals surface area contributed by atoms with Crippen LogP contribution in [0.5, 0.6) is 0 Å². The van der Waals surface area contributed by atoms with Gasteiger partial charge in [0.2, 0.25) is 11.8 Å². The Labute approximate surface area is 166 Å². The minimum atomic E-state index is -0.499. The second kappa shape index (κ2) is 10.8. The third kappa shape index (κ3) is 6.43. The Morgan fingerprint density at radius 1 is 1.07 bits per heavy atom. The van der Waals surface area contributed by atoms with Gasteiger partial charge in [-0.2, -0.15) is 11.8 Å². The van der Waals surface area contributed by atoms with E-state index in [0.717, 1.165) is 22.6 Å². The number of nitrogens with one attached hydrogen (secondary N) is 1. The third-order valence-corrected chi connectivity index (χ3v) is 5.62. The van der Waals surface area contributed by atoms with Crippen LogP contribution < -0.4 is 5.32 Å². The van der Waals surface area contributed by atoms with Crippen molar-refractivity contribution in [2.45, 2.75) is 38.6 Å². The lowest BCUT2D eigenvalue weighted by Gasteiger charge is -2.29. The summed E-state index contributed by atoms with van der Waals surface area (Å²) in [4.78, 5) is 26.7. The first kappa shape index (κ1) is 21.0. The predicted molar refractivity (Wildman–Crippen MR) is 112 cm³/mol. The maximum atomic E-state index is 12.9. The van der Waals surface area contributed by atoms with E-state index in [-0.39, 0.29) is 11.8 Å². The number of thioether (sulfide) groups is 1. The van der Waals surface area contributed by atoms with Crippen LogP contribution in [0.4, 0.5) is 0 Å². The highest BCUT2D eigenvalue weighted by Gasteiger charge is 2.25. The van der Waals surface area contributed by atoms with Crippen molar-refractivity contribution in [3.05, 3.63) is 71.3 Å². The van der Waals surface area contributed by atoms with Gasteiger partial charge >= 0.3 is 0 Å². The van der Waals surface area contributed by atoms with Crippen molar-refractivity contribution >= 4 is 23.6 Å². The molecule has 0 heterocycles. The molecule has 0 fully saturated rings. The van der Waals surface area contributed by atoms with E-state index < -0.39 is 6.04 Å². The van der Waals surface area contributed by atoms with Gasteiger partial charge in [-0.05, 0) is 30.5 Å². The van der Waals surface area contributed by atoms with Crippen molar-refractivity contribution in [3.63, 3.8) is 0 Å². The fraction of sp³-hybridized carbons (Fsp3) is 0.364. The van der Waals surface area contributed by atoms with Crippen molar-refractivity contribution in [1.29, 1.82) is 0 Å². The van der Waals surface area contributed by atoms with E-state index in [9.17, 15) is 9.59 Å². The second-order valence-electron chi connectivity index (χ2n) is 6.53.